The summed E-state index contributed by atoms with van der Waals surface area (Å²) in [6.07, 6.45) is 5.97. The number of hydrogen-bond acceptors (Lipinski definition) is 6. The molecule has 1 aromatic heterocycles. The Kier molecular flexibility index (Phi) is 8.77. The smallest absolute Gasteiger partial charge is 0.161 e. The predicted octanol–water partition coefficient (Wildman–Crippen LogP) is 5.04. The van der Waals surface area contributed by atoms with Gasteiger partial charge in [0.25, 0.3) is 0 Å². The average Bonchev–Trinajstić information content (AvgIpc) is 3.28. The number of ether oxygens (including phenoxy) is 3. The van der Waals surface area contributed by atoms with Crippen molar-refractivity contribution in [2.24, 2.45) is 0 Å². The van der Waals surface area contributed by atoms with Gasteiger partial charge >= 0.3 is 0 Å². The molecular formula is C28H36ClN3O4. The van der Waals surface area contributed by atoms with Gasteiger partial charge < -0.3 is 23.9 Å². The molecule has 1 N–H and O–H groups in total. The van der Waals surface area contributed by atoms with Crippen LogP contribution in [0.4, 0.5) is 0 Å². The quantitative estimate of drug-likeness (QED) is 0.362. The molecule has 0 radical (unpaired) electrons. The topological polar surface area (TPSA) is 69.0 Å². The standard InChI is InChI=1S/C28H36ClN3O4/c1-21-5-7-24(29)26(17-21)36-20-28(33)9-13-31(14-10-28)19-23-6-8-25(34-3)27(18-23)35-16-4-12-32-15-11-30-22(32)2/h5-8,11,15,17-18,33H,4,9-10,12-14,16,19-20H2,1-3H3. The molecule has 0 atom stereocenters. The molecule has 7 nitrogen and oxygen atoms in total. The second-order valence-corrected chi connectivity index (χ2v) is 9.99. The number of rotatable bonds is 11. The first-order valence-corrected chi connectivity index (χ1v) is 12.8. The molecule has 0 aliphatic carbocycles. The maximum absolute atomic E-state index is 11.1. The SMILES string of the molecule is COc1ccc(CN2CCC(O)(COc3cc(C)ccc3Cl)CC2)cc1OCCCn1ccnc1C. The van der Waals surface area contributed by atoms with Crippen LogP contribution in [-0.2, 0) is 13.1 Å². The molecule has 8 heteroatoms. The summed E-state index contributed by atoms with van der Waals surface area (Å²) in [6.45, 7) is 8.06. The normalized spacial score (nSPS) is 15.6. The van der Waals surface area contributed by atoms with Crippen molar-refractivity contribution >= 4 is 11.6 Å². The van der Waals surface area contributed by atoms with Crippen LogP contribution in [0.2, 0.25) is 5.02 Å². The minimum atomic E-state index is -0.856. The van der Waals surface area contributed by atoms with Gasteiger partial charge in [0.05, 0.1) is 18.7 Å². The molecule has 3 aromatic rings. The van der Waals surface area contributed by atoms with Crippen molar-refractivity contribution in [3.8, 4) is 17.2 Å². The molecule has 0 bridgehead atoms. The van der Waals surface area contributed by atoms with E-state index in [9.17, 15) is 5.11 Å². The first kappa shape index (κ1) is 26.3. The summed E-state index contributed by atoms with van der Waals surface area (Å²) >= 11 is 6.24. The van der Waals surface area contributed by atoms with E-state index in [0.717, 1.165) is 61.1 Å². The fourth-order valence-corrected chi connectivity index (χ4v) is 4.62. The van der Waals surface area contributed by atoms with E-state index in [2.05, 4.69) is 26.6 Å². The summed E-state index contributed by atoms with van der Waals surface area (Å²) in [5, 5.41) is 11.6. The van der Waals surface area contributed by atoms with Crippen molar-refractivity contribution in [1.29, 1.82) is 0 Å². The molecule has 2 aromatic carbocycles. The van der Waals surface area contributed by atoms with E-state index in [0.29, 0.717) is 30.2 Å². The highest BCUT2D eigenvalue weighted by Crippen LogP contribution is 2.31. The number of halogens is 1. The van der Waals surface area contributed by atoms with Gasteiger partial charge in [-0.3, -0.25) is 4.90 Å². The molecule has 0 amide bonds. The largest absolute Gasteiger partial charge is 0.493 e. The van der Waals surface area contributed by atoms with Gasteiger partial charge in [0.15, 0.2) is 11.5 Å². The monoisotopic (exact) mass is 513 g/mol. The summed E-state index contributed by atoms with van der Waals surface area (Å²) < 4.78 is 19.6. The zero-order valence-corrected chi connectivity index (χ0v) is 22.1. The van der Waals surface area contributed by atoms with E-state index in [-0.39, 0.29) is 6.61 Å². The second kappa shape index (κ2) is 12.0. The van der Waals surface area contributed by atoms with Gasteiger partial charge in [-0.25, -0.2) is 4.98 Å². The fraction of sp³-hybridized carbons (Fsp3) is 0.464. The van der Waals surface area contributed by atoms with Crippen molar-refractivity contribution in [3.05, 3.63) is 70.8 Å². The second-order valence-electron chi connectivity index (χ2n) is 9.58. The lowest BCUT2D eigenvalue weighted by Crippen LogP contribution is -2.47. The van der Waals surface area contributed by atoms with Gasteiger partial charge in [-0.05, 0) is 68.5 Å². The Labute approximate surface area is 218 Å². The summed E-state index contributed by atoms with van der Waals surface area (Å²) in [6, 6.07) is 11.8. The Morgan fingerprint density at radius 1 is 1.03 bits per heavy atom. The number of methoxy groups -OCH3 is 1. The number of benzene rings is 2. The Bertz CT molecular complexity index is 1140. The molecular weight excluding hydrogens is 478 g/mol. The highest BCUT2D eigenvalue weighted by atomic mass is 35.5. The molecule has 0 spiro atoms. The molecule has 1 saturated heterocycles. The average molecular weight is 514 g/mol. The number of aliphatic hydroxyl groups is 1. The van der Waals surface area contributed by atoms with Crippen molar-refractivity contribution < 1.29 is 19.3 Å². The summed E-state index contributed by atoms with van der Waals surface area (Å²) in [5.41, 5.74) is 1.38. The van der Waals surface area contributed by atoms with Crippen LogP contribution in [0.1, 0.15) is 36.2 Å². The lowest BCUT2D eigenvalue weighted by Gasteiger charge is -2.38. The molecule has 0 saturated carbocycles. The van der Waals surface area contributed by atoms with Crippen LogP contribution in [0.3, 0.4) is 0 Å². The molecule has 1 fully saturated rings. The van der Waals surface area contributed by atoms with E-state index in [1.807, 2.05) is 50.5 Å². The van der Waals surface area contributed by atoms with E-state index in [1.54, 1.807) is 7.11 Å². The maximum atomic E-state index is 11.1. The lowest BCUT2D eigenvalue weighted by molar-refractivity contribution is -0.0537. The van der Waals surface area contributed by atoms with Gasteiger partial charge in [-0.1, -0.05) is 23.7 Å². The summed E-state index contributed by atoms with van der Waals surface area (Å²) in [5.74, 6) is 3.12. The van der Waals surface area contributed by atoms with Crippen LogP contribution >= 0.6 is 11.6 Å². The van der Waals surface area contributed by atoms with E-state index < -0.39 is 5.60 Å². The zero-order chi connectivity index (χ0) is 25.5. The van der Waals surface area contributed by atoms with Gasteiger partial charge in [-0.15, -0.1) is 0 Å². The third kappa shape index (κ3) is 6.93. The molecule has 1 aliphatic heterocycles. The molecule has 4 rings (SSSR count). The maximum Gasteiger partial charge on any atom is 0.161 e. The van der Waals surface area contributed by atoms with Crippen molar-refractivity contribution in [1.82, 2.24) is 14.5 Å². The fourth-order valence-electron chi connectivity index (χ4n) is 4.45. The summed E-state index contributed by atoms with van der Waals surface area (Å²) in [7, 11) is 1.66. The molecule has 2 heterocycles. The zero-order valence-electron chi connectivity index (χ0n) is 21.4. The van der Waals surface area contributed by atoms with Crippen LogP contribution < -0.4 is 14.2 Å². The Balaban J connectivity index is 1.27. The Hall–Kier alpha value is -2.74. The van der Waals surface area contributed by atoms with Gasteiger partial charge in [0.1, 0.15) is 23.8 Å². The molecule has 1 aliphatic rings. The highest BCUT2D eigenvalue weighted by molar-refractivity contribution is 6.32. The summed E-state index contributed by atoms with van der Waals surface area (Å²) in [4.78, 5) is 6.61. The molecule has 36 heavy (non-hydrogen) atoms. The third-order valence-corrected chi connectivity index (χ3v) is 7.04. The minimum absolute atomic E-state index is 0.239. The number of likely N-dealkylation sites (tertiary alicyclic amines) is 1. The van der Waals surface area contributed by atoms with Gasteiger partial charge in [0, 0.05) is 38.6 Å². The first-order chi connectivity index (χ1) is 17.3. The first-order valence-electron chi connectivity index (χ1n) is 12.5. The number of aryl methyl sites for hydroxylation is 3. The van der Waals surface area contributed by atoms with Crippen LogP contribution in [-0.4, -0.2) is 58.6 Å². The van der Waals surface area contributed by atoms with Crippen molar-refractivity contribution in [3.63, 3.8) is 0 Å². The number of nitrogens with zero attached hydrogens (tertiary/aromatic N) is 3. The third-order valence-electron chi connectivity index (χ3n) is 6.73. The minimum Gasteiger partial charge on any atom is -0.493 e. The number of imidazole rings is 1. The predicted molar refractivity (Wildman–Crippen MR) is 141 cm³/mol. The van der Waals surface area contributed by atoms with E-state index in [4.69, 9.17) is 25.8 Å². The van der Waals surface area contributed by atoms with E-state index in [1.165, 1.54) is 0 Å². The molecule has 194 valence electrons. The highest BCUT2D eigenvalue weighted by Gasteiger charge is 2.33. The Morgan fingerprint density at radius 3 is 2.56 bits per heavy atom. The number of hydrogen-bond donors (Lipinski definition) is 1. The van der Waals surface area contributed by atoms with Crippen molar-refractivity contribution in [2.45, 2.75) is 51.8 Å². The van der Waals surface area contributed by atoms with Crippen LogP contribution in [0, 0.1) is 13.8 Å². The van der Waals surface area contributed by atoms with Gasteiger partial charge in [0.2, 0.25) is 0 Å². The van der Waals surface area contributed by atoms with Crippen LogP contribution in [0.25, 0.3) is 0 Å². The van der Waals surface area contributed by atoms with Crippen LogP contribution in [0.5, 0.6) is 17.2 Å². The number of piperidine rings is 1. The Morgan fingerprint density at radius 2 is 1.83 bits per heavy atom. The lowest BCUT2D eigenvalue weighted by atomic mass is 9.92. The number of aromatic nitrogens is 2. The molecule has 0 unspecified atom stereocenters. The van der Waals surface area contributed by atoms with E-state index >= 15 is 0 Å². The van der Waals surface area contributed by atoms with Gasteiger partial charge in [-0.2, -0.15) is 0 Å². The van der Waals surface area contributed by atoms with Crippen molar-refractivity contribution in [2.75, 3.05) is 33.4 Å². The van der Waals surface area contributed by atoms with Crippen LogP contribution in [0.15, 0.2) is 48.8 Å².